The van der Waals surface area contributed by atoms with E-state index < -0.39 is 12.1 Å². The van der Waals surface area contributed by atoms with Crippen LogP contribution in [-0.2, 0) is 16.0 Å². The smallest absolute Gasteiger partial charge is 0.312 e. The van der Waals surface area contributed by atoms with Gasteiger partial charge in [-0.2, -0.15) is 0 Å². The number of thiazole rings is 1. The SMILES string of the molecule is Cc1ccc(-c2nnc(C(C)OC(=O)Cc3csc(-c4cccc(Cl)c4)n3)o2)cc1. The molecule has 0 bridgehead atoms. The zero-order valence-electron chi connectivity index (χ0n) is 16.3. The Kier molecular flexibility index (Phi) is 5.92. The van der Waals surface area contributed by atoms with Crippen LogP contribution in [0.2, 0.25) is 5.02 Å². The minimum atomic E-state index is -0.657. The van der Waals surface area contributed by atoms with Crippen molar-refractivity contribution in [1.29, 1.82) is 0 Å². The molecule has 0 radical (unpaired) electrons. The number of esters is 1. The Morgan fingerprint density at radius 2 is 1.97 bits per heavy atom. The fraction of sp³-hybridized carbons (Fsp3) is 0.182. The number of rotatable bonds is 6. The lowest BCUT2D eigenvalue weighted by Gasteiger charge is -2.08. The van der Waals surface area contributed by atoms with Crippen LogP contribution in [-0.4, -0.2) is 21.2 Å². The summed E-state index contributed by atoms with van der Waals surface area (Å²) in [5, 5.41) is 11.3. The third-order valence-corrected chi connectivity index (χ3v) is 5.52. The average molecular weight is 440 g/mol. The van der Waals surface area contributed by atoms with E-state index in [1.165, 1.54) is 11.3 Å². The van der Waals surface area contributed by atoms with Gasteiger partial charge in [-0.15, -0.1) is 21.5 Å². The molecule has 0 aliphatic heterocycles. The summed E-state index contributed by atoms with van der Waals surface area (Å²) < 4.78 is 11.1. The quantitative estimate of drug-likeness (QED) is 0.360. The van der Waals surface area contributed by atoms with Crippen LogP contribution >= 0.6 is 22.9 Å². The van der Waals surface area contributed by atoms with Gasteiger partial charge >= 0.3 is 5.97 Å². The first-order chi connectivity index (χ1) is 14.5. The van der Waals surface area contributed by atoms with E-state index >= 15 is 0 Å². The Morgan fingerprint density at radius 1 is 1.17 bits per heavy atom. The molecule has 6 nitrogen and oxygen atoms in total. The summed E-state index contributed by atoms with van der Waals surface area (Å²) in [6.07, 6.45) is -0.601. The highest BCUT2D eigenvalue weighted by Crippen LogP contribution is 2.27. The summed E-state index contributed by atoms with van der Waals surface area (Å²) in [4.78, 5) is 16.8. The van der Waals surface area contributed by atoms with Gasteiger partial charge in [0, 0.05) is 21.5 Å². The van der Waals surface area contributed by atoms with Gasteiger partial charge < -0.3 is 9.15 Å². The zero-order chi connectivity index (χ0) is 21.1. The van der Waals surface area contributed by atoms with Crippen LogP contribution in [0.5, 0.6) is 0 Å². The van der Waals surface area contributed by atoms with Crippen LogP contribution in [0, 0.1) is 6.92 Å². The van der Waals surface area contributed by atoms with Crippen molar-refractivity contribution in [2.75, 3.05) is 0 Å². The molecule has 2 aromatic heterocycles. The largest absolute Gasteiger partial charge is 0.452 e. The third-order valence-electron chi connectivity index (χ3n) is 4.34. The maximum Gasteiger partial charge on any atom is 0.312 e. The molecule has 8 heteroatoms. The number of ether oxygens (including phenoxy) is 1. The van der Waals surface area contributed by atoms with E-state index in [0.29, 0.717) is 16.6 Å². The van der Waals surface area contributed by atoms with Crippen LogP contribution in [0.15, 0.2) is 58.3 Å². The predicted octanol–water partition coefficient (Wildman–Crippen LogP) is 5.67. The first kappa shape index (κ1) is 20.3. The summed E-state index contributed by atoms with van der Waals surface area (Å²) in [5.41, 5.74) is 3.50. The molecule has 0 fully saturated rings. The first-order valence-electron chi connectivity index (χ1n) is 9.28. The van der Waals surface area contributed by atoms with Crippen LogP contribution in [0.4, 0.5) is 0 Å². The highest BCUT2D eigenvalue weighted by atomic mass is 35.5. The molecule has 4 aromatic rings. The predicted molar refractivity (Wildman–Crippen MR) is 115 cm³/mol. The van der Waals surface area contributed by atoms with Crippen molar-refractivity contribution in [1.82, 2.24) is 15.2 Å². The molecule has 0 saturated heterocycles. The Bertz CT molecular complexity index is 1170. The normalized spacial score (nSPS) is 12.0. The molecule has 1 unspecified atom stereocenters. The Balaban J connectivity index is 1.38. The standard InChI is InChI=1S/C22H18ClN3O3S/c1-13-6-8-15(9-7-13)21-26-25-20(29-21)14(2)28-19(27)11-18-12-30-22(24-18)16-4-3-5-17(23)10-16/h3-10,12,14H,11H2,1-2H3. The van der Waals surface area contributed by atoms with E-state index in [1.807, 2.05) is 54.8 Å². The third kappa shape index (κ3) is 4.75. The number of carbonyl (C=O) groups is 1. The monoisotopic (exact) mass is 439 g/mol. The van der Waals surface area contributed by atoms with E-state index in [9.17, 15) is 4.79 Å². The average Bonchev–Trinajstić information content (AvgIpc) is 3.38. The number of aryl methyl sites for hydroxylation is 1. The molecule has 0 aliphatic rings. The Labute approximate surface area is 182 Å². The minimum Gasteiger partial charge on any atom is -0.452 e. The van der Waals surface area contributed by atoms with E-state index in [2.05, 4.69) is 15.2 Å². The molecule has 1 atom stereocenters. The molecule has 4 rings (SSSR count). The molecule has 0 aliphatic carbocycles. The maximum absolute atomic E-state index is 12.3. The summed E-state index contributed by atoms with van der Waals surface area (Å²) in [6.45, 7) is 3.70. The van der Waals surface area contributed by atoms with Crippen molar-refractivity contribution in [3.63, 3.8) is 0 Å². The number of nitrogens with zero attached hydrogens (tertiary/aromatic N) is 3. The van der Waals surface area contributed by atoms with Crippen LogP contribution in [0.1, 0.15) is 30.2 Å². The van der Waals surface area contributed by atoms with Gasteiger partial charge in [-0.25, -0.2) is 4.98 Å². The first-order valence-corrected chi connectivity index (χ1v) is 10.5. The van der Waals surface area contributed by atoms with Crippen LogP contribution in [0.25, 0.3) is 22.0 Å². The van der Waals surface area contributed by atoms with Gasteiger partial charge in [0.15, 0.2) is 6.10 Å². The molecule has 0 amide bonds. The maximum atomic E-state index is 12.3. The number of aromatic nitrogens is 3. The van der Waals surface area contributed by atoms with Gasteiger partial charge in [0.1, 0.15) is 5.01 Å². The molecule has 0 saturated carbocycles. The van der Waals surface area contributed by atoms with Crippen molar-refractivity contribution < 1.29 is 13.9 Å². The lowest BCUT2D eigenvalue weighted by atomic mass is 10.1. The highest BCUT2D eigenvalue weighted by molar-refractivity contribution is 7.13. The fourth-order valence-electron chi connectivity index (χ4n) is 2.79. The summed E-state index contributed by atoms with van der Waals surface area (Å²) in [5.74, 6) is 0.218. The molecular formula is C22H18ClN3O3S. The van der Waals surface area contributed by atoms with Gasteiger partial charge in [0.05, 0.1) is 12.1 Å². The van der Waals surface area contributed by atoms with E-state index in [4.69, 9.17) is 20.8 Å². The van der Waals surface area contributed by atoms with Gasteiger partial charge in [0.25, 0.3) is 5.89 Å². The second kappa shape index (κ2) is 8.77. The summed E-state index contributed by atoms with van der Waals surface area (Å²) >= 11 is 7.48. The second-order valence-electron chi connectivity index (χ2n) is 6.77. The molecule has 152 valence electrons. The minimum absolute atomic E-state index is 0.0559. The van der Waals surface area contributed by atoms with Crippen LogP contribution < -0.4 is 0 Å². The van der Waals surface area contributed by atoms with E-state index in [1.54, 1.807) is 13.0 Å². The second-order valence-corrected chi connectivity index (χ2v) is 8.07. The number of hydrogen-bond acceptors (Lipinski definition) is 7. The molecule has 30 heavy (non-hydrogen) atoms. The van der Waals surface area contributed by atoms with Gasteiger partial charge in [-0.1, -0.05) is 41.4 Å². The Morgan fingerprint density at radius 3 is 2.73 bits per heavy atom. The van der Waals surface area contributed by atoms with Crippen molar-refractivity contribution in [2.24, 2.45) is 0 Å². The zero-order valence-corrected chi connectivity index (χ0v) is 17.9. The number of carbonyl (C=O) groups excluding carboxylic acids is 1. The molecule has 2 aromatic carbocycles. The lowest BCUT2D eigenvalue weighted by Crippen LogP contribution is -2.12. The van der Waals surface area contributed by atoms with Crippen molar-refractivity contribution >= 4 is 28.9 Å². The van der Waals surface area contributed by atoms with E-state index in [-0.39, 0.29) is 12.3 Å². The number of hydrogen-bond donors (Lipinski definition) is 0. The Hall–Kier alpha value is -3.03. The van der Waals surface area contributed by atoms with Crippen molar-refractivity contribution in [3.05, 3.63) is 76.1 Å². The summed E-state index contributed by atoms with van der Waals surface area (Å²) in [7, 11) is 0. The van der Waals surface area contributed by atoms with Gasteiger partial charge in [-0.3, -0.25) is 4.79 Å². The summed E-state index contributed by atoms with van der Waals surface area (Å²) in [6, 6.07) is 15.2. The molecule has 2 heterocycles. The topological polar surface area (TPSA) is 78.1 Å². The van der Waals surface area contributed by atoms with Crippen LogP contribution in [0.3, 0.4) is 0 Å². The fourth-order valence-corrected chi connectivity index (χ4v) is 3.80. The molecule has 0 N–H and O–H groups in total. The molecule has 0 spiro atoms. The van der Waals surface area contributed by atoms with Crippen molar-refractivity contribution in [2.45, 2.75) is 26.4 Å². The highest BCUT2D eigenvalue weighted by Gasteiger charge is 2.20. The van der Waals surface area contributed by atoms with Crippen molar-refractivity contribution in [3.8, 4) is 22.0 Å². The lowest BCUT2D eigenvalue weighted by molar-refractivity contribution is -0.148. The van der Waals surface area contributed by atoms with Gasteiger partial charge in [-0.05, 0) is 38.1 Å². The number of benzene rings is 2. The number of halogens is 1. The van der Waals surface area contributed by atoms with Gasteiger partial charge in [0.2, 0.25) is 5.89 Å². The van der Waals surface area contributed by atoms with E-state index in [0.717, 1.165) is 21.7 Å². The molecular weight excluding hydrogens is 422 g/mol.